The maximum atomic E-state index is 2.25. The molecule has 0 nitrogen and oxygen atoms in total. The lowest BCUT2D eigenvalue weighted by molar-refractivity contribution is 1.47. The summed E-state index contributed by atoms with van der Waals surface area (Å²) in [7, 11) is 0. The van der Waals surface area contributed by atoms with Crippen LogP contribution in [0.15, 0.2) is 84.9 Å². The van der Waals surface area contributed by atoms with Gasteiger partial charge in [0, 0.05) is 20.2 Å². The van der Waals surface area contributed by atoms with E-state index in [0.29, 0.717) is 0 Å². The van der Waals surface area contributed by atoms with Crippen LogP contribution in [0.1, 0.15) is 11.1 Å². The van der Waals surface area contributed by atoms with Gasteiger partial charge in [-0.15, -0.1) is 11.3 Å². The first kappa shape index (κ1) is 16.3. The minimum absolute atomic E-state index is 1.29. The predicted octanol–water partition coefficient (Wildman–Crippen LogP) is 8.01. The van der Waals surface area contributed by atoms with Crippen LogP contribution in [0.5, 0.6) is 0 Å². The molecular weight excluding hydrogens is 344 g/mol. The van der Waals surface area contributed by atoms with E-state index in [1.165, 1.54) is 53.6 Å². The lowest BCUT2D eigenvalue weighted by Gasteiger charge is -2.04. The lowest BCUT2D eigenvalue weighted by atomic mass is 9.99. The molecule has 0 spiro atoms. The molecule has 0 aliphatic heterocycles. The minimum Gasteiger partial charge on any atom is -0.134 e. The molecule has 5 rings (SSSR count). The van der Waals surface area contributed by atoms with E-state index in [2.05, 4.69) is 98.8 Å². The van der Waals surface area contributed by atoms with Crippen LogP contribution < -0.4 is 0 Å². The van der Waals surface area contributed by atoms with E-state index >= 15 is 0 Å². The molecule has 0 atom stereocenters. The van der Waals surface area contributed by atoms with Crippen molar-refractivity contribution in [2.75, 3.05) is 0 Å². The Balaban J connectivity index is 1.79. The highest BCUT2D eigenvalue weighted by Crippen LogP contribution is 2.43. The van der Waals surface area contributed by atoms with Gasteiger partial charge in [0.2, 0.25) is 0 Å². The van der Waals surface area contributed by atoms with Crippen molar-refractivity contribution >= 4 is 31.5 Å². The van der Waals surface area contributed by atoms with Crippen molar-refractivity contribution < 1.29 is 0 Å². The highest BCUT2D eigenvalue weighted by Gasteiger charge is 2.13. The summed E-state index contributed by atoms with van der Waals surface area (Å²) < 4.78 is 2.74. The summed E-state index contributed by atoms with van der Waals surface area (Å²) in [5, 5.41) is 2.70. The van der Waals surface area contributed by atoms with Gasteiger partial charge in [-0.05, 0) is 36.1 Å². The summed E-state index contributed by atoms with van der Waals surface area (Å²) in [6.45, 7) is 4.27. The smallest absolute Gasteiger partial charge is 0.0434 e. The van der Waals surface area contributed by atoms with Gasteiger partial charge in [-0.1, -0.05) is 96.1 Å². The molecule has 0 aliphatic rings. The van der Waals surface area contributed by atoms with Crippen LogP contribution in [-0.2, 0) is 0 Å². The zero-order valence-electron chi connectivity index (χ0n) is 15.5. The first-order chi connectivity index (χ1) is 13.2. The number of benzene rings is 4. The summed E-state index contributed by atoms with van der Waals surface area (Å²) in [6, 6.07) is 31.1. The number of rotatable bonds is 2. The monoisotopic (exact) mass is 364 g/mol. The maximum absolute atomic E-state index is 2.25. The van der Waals surface area contributed by atoms with Crippen molar-refractivity contribution in [2.24, 2.45) is 0 Å². The number of fused-ring (bicyclic) bond motifs is 3. The second-order valence-corrected chi connectivity index (χ2v) is 8.22. The van der Waals surface area contributed by atoms with Crippen LogP contribution in [0.3, 0.4) is 0 Å². The Morgan fingerprint density at radius 3 is 1.30 bits per heavy atom. The number of hydrogen-bond donors (Lipinski definition) is 0. The Morgan fingerprint density at radius 2 is 0.889 bits per heavy atom. The molecule has 0 aliphatic carbocycles. The molecule has 0 saturated carbocycles. The van der Waals surface area contributed by atoms with Crippen LogP contribution in [0, 0.1) is 13.8 Å². The summed E-state index contributed by atoms with van der Waals surface area (Å²) >= 11 is 1.91. The van der Waals surface area contributed by atoms with E-state index in [1.807, 2.05) is 11.3 Å². The molecule has 5 aromatic rings. The van der Waals surface area contributed by atoms with Crippen LogP contribution in [0.2, 0.25) is 0 Å². The van der Waals surface area contributed by atoms with Crippen LogP contribution >= 0.6 is 11.3 Å². The third-order valence-corrected chi connectivity index (χ3v) is 6.54. The standard InChI is InChI=1S/C26H20S/c1-17-9-13-19(14-10-17)21-5-3-7-23-24-8-4-6-22(26(24)27-25(21)23)20-15-11-18(2)12-16-20/h3-16H,1-2H3. The van der Waals surface area contributed by atoms with E-state index in [4.69, 9.17) is 0 Å². The summed E-state index contributed by atoms with van der Waals surface area (Å²) in [4.78, 5) is 0. The average Bonchev–Trinajstić information content (AvgIpc) is 3.08. The van der Waals surface area contributed by atoms with E-state index in [-0.39, 0.29) is 0 Å². The molecule has 130 valence electrons. The summed E-state index contributed by atoms with van der Waals surface area (Å²) in [5.74, 6) is 0. The topological polar surface area (TPSA) is 0 Å². The number of thiophene rings is 1. The van der Waals surface area contributed by atoms with Crippen LogP contribution in [-0.4, -0.2) is 0 Å². The van der Waals surface area contributed by atoms with Crippen molar-refractivity contribution in [3.8, 4) is 22.3 Å². The van der Waals surface area contributed by atoms with Gasteiger partial charge in [-0.2, -0.15) is 0 Å². The molecule has 0 bridgehead atoms. The Hall–Kier alpha value is -2.90. The number of hydrogen-bond acceptors (Lipinski definition) is 1. The highest BCUT2D eigenvalue weighted by molar-refractivity contribution is 7.26. The third kappa shape index (κ3) is 2.75. The first-order valence-corrected chi connectivity index (χ1v) is 10.1. The molecule has 0 fully saturated rings. The molecule has 1 heterocycles. The van der Waals surface area contributed by atoms with Gasteiger partial charge < -0.3 is 0 Å². The first-order valence-electron chi connectivity index (χ1n) is 9.29. The van der Waals surface area contributed by atoms with Gasteiger partial charge in [-0.25, -0.2) is 0 Å². The predicted molar refractivity (Wildman–Crippen MR) is 120 cm³/mol. The summed E-state index contributed by atoms with van der Waals surface area (Å²) in [6.07, 6.45) is 0. The van der Waals surface area contributed by atoms with Crippen LogP contribution in [0.25, 0.3) is 42.4 Å². The number of aryl methyl sites for hydroxylation is 2. The fourth-order valence-corrected chi connectivity index (χ4v) is 5.11. The van der Waals surface area contributed by atoms with Gasteiger partial charge in [0.25, 0.3) is 0 Å². The highest BCUT2D eigenvalue weighted by atomic mass is 32.1. The van der Waals surface area contributed by atoms with Crippen LogP contribution in [0.4, 0.5) is 0 Å². The molecule has 0 N–H and O–H groups in total. The van der Waals surface area contributed by atoms with Gasteiger partial charge >= 0.3 is 0 Å². The Morgan fingerprint density at radius 1 is 0.481 bits per heavy atom. The van der Waals surface area contributed by atoms with E-state index in [9.17, 15) is 0 Å². The van der Waals surface area contributed by atoms with Gasteiger partial charge in [0.1, 0.15) is 0 Å². The average molecular weight is 365 g/mol. The SMILES string of the molecule is Cc1ccc(-c2cccc3c2sc2c(-c4ccc(C)cc4)cccc23)cc1. The molecule has 27 heavy (non-hydrogen) atoms. The lowest BCUT2D eigenvalue weighted by Crippen LogP contribution is -1.79. The second kappa shape index (κ2) is 6.37. The van der Waals surface area contributed by atoms with Crippen molar-refractivity contribution in [2.45, 2.75) is 13.8 Å². The normalized spacial score (nSPS) is 11.3. The molecule has 0 amide bonds. The molecular formula is C26H20S. The van der Waals surface area contributed by atoms with E-state index < -0.39 is 0 Å². The van der Waals surface area contributed by atoms with E-state index in [0.717, 1.165) is 0 Å². The zero-order valence-corrected chi connectivity index (χ0v) is 16.3. The largest absolute Gasteiger partial charge is 0.134 e. The molecule has 0 radical (unpaired) electrons. The summed E-state index contributed by atoms with van der Waals surface area (Å²) in [5.41, 5.74) is 7.81. The molecule has 4 aromatic carbocycles. The van der Waals surface area contributed by atoms with Gasteiger partial charge in [-0.3, -0.25) is 0 Å². The maximum Gasteiger partial charge on any atom is 0.0434 e. The molecule has 0 saturated heterocycles. The van der Waals surface area contributed by atoms with Crippen molar-refractivity contribution in [3.63, 3.8) is 0 Å². The van der Waals surface area contributed by atoms with Crippen molar-refractivity contribution in [1.29, 1.82) is 0 Å². The minimum atomic E-state index is 1.29. The van der Waals surface area contributed by atoms with Crippen molar-refractivity contribution in [3.05, 3.63) is 96.1 Å². The Labute approximate surface area is 163 Å². The second-order valence-electron chi connectivity index (χ2n) is 7.20. The molecule has 0 unspecified atom stereocenters. The zero-order chi connectivity index (χ0) is 18.4. The quantitative estimate of drug-likeness (QED) is 0.297. The fraction of sp³-hybridized carbons (Fsp3) is 0.0769. The van der Waals surface area contributed by atoms with E-state index in [1.54, 1.807) is 0 Å². The van der Waals surface area contributed by atoms with Crippen molar-refractivity contribution in [1.82, 2.24) is 0 Å². The molecule has 1 aromatic heterocycles. The Bertz CT molecular complexity index is 1160. The van der Waals surface area contributed by atoms with Gasteiger partial charge in [0.15, 0.2) is 0 Å². The third-order valence-electron chi connectivity index (χ3n) is 5.25. The Kier molecular flexibility index (Phi) is 3.84. The molecule has 1 heteroatoms. The van der Waals surface area contributed by atoms with Gasteiger partial charge in [0.05, 0.1) is 0 Å². The fourth-order valence-electron chi connectivity index (χ4n) is 3.74.